The van der Waals surface area contributed by atoms with E-state index in [4.69, 9.17) is 4.52 Å². The smallest absolute Gasteiger partial charge is 0.262 e. The van der Waals surface area contributed by atoms with E-state index in [0.717, 1.165) is 37.0 Å². The van der Waals surface area contributed by atoms with Gasteiger partial charge in [0.2, 0.25) is 11.7 Å². The van der Waals surface area contributed by atoms with Crippen molar-refractivity contribution in [1.29, 1.82) is 0 Å². The Morgan fingerprint density at radius 2 is 1.87 bits per heavy atom. The van der Waals surface area contributed by atoms with Crippen molar-refractivity contribution >= 4 is 22.7 Å². The van der Waals surface area contributed by atoms with Gasteiger partial charge in [-0.2, -0.15) is 4.98 Å². The molecule has 0 bridgehead atoms. The fraction of sp³-hybridized carbons (Fsp3) is 0.273. The zero-order chi connectivity index (χ0) is 21.5. The van der Waals surface area contributed by atoms with Gasteiger partial charge in [-0.15, -0.1) is 0 Å². The molecule has 0 radical (unpaired) electrons. The Labute approximate surface area is 180 Å². The van der Waals surface area contributed by atoms with Gasteiger partial charge in [0.1, 0.15) is 0 Å². The number of rotatable bonds is 6. The molecule has 0 saturated heterocycles. The Morgan fingerprint density at radius 3 is 2.58 bits per heavy atom. The Bertz CT molecular complexity index is 1330. The third kappa shape index (κ3) is 3.85. The maximum Gasteiger partial charge on any atom is 0.262 e. The van der Waals surface area contributed by atoms with Gasteiger partial charge in [0, 0.05) is 17.7 Å². The van der Waals surface area contributed by atoms with Crippen molar-refractivity contribution in [3.63, 3.8) is 0 Å². The summed E-state index contributed by atoms with van der Waals surface area (Å²) >= 11 is 1.26. The molecule has 0 spiro atoms. The predicted molar refractivity (Wildman–Crippen MR) is 113 cm³/mol. The highest BCUT2D eigenvalue weighted by Gasteiger charge is 2.29. The molecule has 2 aromatic heterocycles. The second-order valence-electron chi connectivity index (χ2n) is 7.44. The molecule has 4 aromatic rings. The van der Waals surface area contributed by atoms with Crippen molar-refractivity contribution in [1.82, 2.24) is 19.7 Å². The molecule has 1 saturated carbocycles. The van der Waals surface area contributed by atoms with Crippen LogP contribution in [-0.2, 0) is 12.2 Å². The van der Waals surface area contributed by atoms with Gasteiger partial charge >= 0.3 is 0 Å². The Balaban J connectivity index is 1.43. The highest BCUT2D eigenvalue weighted by molar-refractivity contribution is 7.98. The number of thioether (sulfide) groups is 1. The maximum absolute atomic E-state index is 13.7. The predicted octanol–water partition coefficient (Wildman–Crippen LogP) is 4.91. The van der Waals surface area contributed by atoms with Crippen molar-refractivity contribution in [2.45, 2.75) is 43.1 Å². The first kappa shape index (κ1) is 19.9. The lowest BCUT2D eigenvalue weighted by Crippen LogP contribution is -2.22. The molecule has 1 aliphatic rings. The minimum absolute atomic E-state index is 0.0235. The molecule has 0 N–H and O–H groups in total. The third-order valence-electron chi connectivity index (χ3n) is 5.24. The van der Waals surface area contributed by atoms with E-state index >= 15 is 0 Å². The van der Waals surface area contributed by atoms with E-state index < -0.39 is 11.6 Å². The van der Waals surface area contributed by atoms with Crippen molar-refractivity contribution in [3.8, 4) is 11.4 Å². The van der Waals surface area contributed by atoms with Crippen LogP contribution in [-0.4, -0.2) is 19.7 Å². The number of halogens is 2. The van der Waals surface area contributed by atoms with Crippen LogP contribution >= 0.6 is 11.8 Å². The van der Waals surface area contributed by atoms with E-state index in [0.29, 0.717) is 22.6 Å². The summed E-state index contributed by atoms with van der Waals surface area (Å²) in [4.78, 5) is 21.8. The highest BCUT2D eigenvalue weighted by atomic mass is 32.2. The summed E-state index contributed by atoms with van der Waals surface area (Å²) in [5, 5.41) is 4.54. The van der Waals surface area contributed by atoms with Crippen molar-refractivity contribution < 1.29 is 13.3 Å². The van der Waals surface area contributed by atoms with Crippen LogP contribution in [0.4, 0.5) is 8.78 Å². The molecule has 158 valence electrons. The number of fused-ring (bicyclic) bond motifs is 1. The molecule has 31 heavy (non-hydrogen) atoms. The lowest BCUT2D eigenvalue weighted by atomic mass is 10.1. The van der Waals surface area contributed by atoms with Crippen LogP contribution < -0.4 is 5.56 Å². The number of nitrogens with zero attached hydrogens (tertiary/aromatic N) is 4. The SMILES string of the molecule is CCc1ccc(-c2noc(CSc3nc4cc(F)c(F)cc4c(=O)n3C3CC3)n2)cc1. The normalized spacial score (nSPS) is 13.8. The maximum atomic E-state index is 13.7. The Kier molecular flexibility index (Phi) is 5.05. The standard InChI is InChI=1S/C22H18F2N4O2S/c1-2-12-3-5-13(6-4-12)20-26-19(30-27-20)11-31-22-25-18-10-17(24)16(23)9-15(18)21(29)28(22)14-7-8-14/h3-6,9-10,14H,2,7-8,11H2,1H3. The first-order valence-corrected chi connectivity index (χ1v) is 11.0. The zero-order valence-corrected chi connectivity index (χ0v) is 17.5. The summed E-state index contributed by atoms with van der Waals surface area (Å²) in [6, 6.07) is 9.84. The summed E-state index contributed by atoms with van der Waals surface area (Å²) in [7, 11) is 0. The number of hydrogen-bond acceptors (Lipinski definition) is 6. The number of aryl methyl sites for hydroxylation is 1. The van der Waals surface area contributed by atoms with Crippen LogP contribution in [0.1, 0.15) is 37.3 Å². The average Bonchev–Trinajstić information content (AvgIpc) is 3.50. The molecule has 1 aliphatic carbocycles. The van der Waals surface area contributed by atoms with Crippen LogP contribution in [0.2, 0.25) is 0 Å². The molecule has 2 aromatic carbocycles. The summed E-state index contributed by atoms with van der Waals surface area (Å²) < 4.78 is 34.2. The summed E-state index contributed by atoms with van der Waals surface area (Å²) in [6.07, 6.45) is 2.65. The van der Waals surface area contributed by atoms with Gasteiger partial charge in [-0.05, 0) is 30.9 Å². The van der Waals surface area contributed by atoms with E-state index in [1.807, 2.05) is 24.3 Å². The van der Waals surface area contributed by atoms with E-state index in [1.54, 1.807) is 4.57 Å². The summed E-state index contributed by atoms with van der Waals surface area (Å²) in [5.74, 6) is -0.910. The molecule has 0 unspecified atom stereocenters. The molecule has 1 fully saturated rings. The fourth-order valence-corrected chi connectivity index (χ4v) is 4.28. The van der Waals surface area contributed by atoms with E-state index in [-0.39, 0.29) is 22.5 Å². The average molecular weight is 440 g/mol. The highest BCUT2D eigenvalue weighted by Crippen LogP contribution is 2.37. The van der Waals surface area contributed by atoms with E-state index in [9.17, 15) is 13.6 Å². The van der Waals surface area contributed by atoms with Gasteiger partial charge in [0.25, 0.3) is 5.56 Å². The van der Waals surface area contributed by atoms with Crippen molar-refractivity contribution in [3.05, 3.63) is 69.8 Å². The Morgan fingerprint density at radius 1 is 1.13 bits per heavy atom. The molecular formula is C22H18F2N4O2S. The minimum Gasteiger partial charge on any atom is -0.338 e. The van der Waals surface area contributed by atoms with Gasteiger partial charge in [0.05, 0.1) is 16.7 Å². The van der Waals surface area contributed by atoms with E-state index in [2.05, 4.69) is 22.0 Å². The third-order valence-corrected chi connectivity index (χ3v) is 6.17. The van der Waals surface area contributed by atoms with Crippen LogP contribution in [0.3, 0.4) is 0 Å². The molecule has 6 nitrogen and oxygen atoms in total. The zero-order valence-electron chi connectivity index (χ0n) is 16.6. The first-order valence-electron chi connectivity index (χ1n) is 9.99. The van der Waals surface area contributed by atoms with Crippen LogP contribution in [0.25, 0.3) is 22.3 Å². The number of aromatic nitrogens is 4. The van der Waals surface area contributed by atoms with Crippen molar-refractivity contribution in [2.75, 3.05) is 0 Å². The molecule has 0 amide bonds. The van der Waals surface area contributed by atoms with Crippen LogP contribution in [0, 0.1) is 11.6 Å². The number of benzene rings is 2. The minimum atomic E-state index is -1.06. The monoisotopic (exact) mass is 440 g/mol. The molecule has 0 aliphatic heterocycles. The fourth-order valence-electron chi connectivity index (χ4n) is 3.38. The molecular weight excluding hydrogens is 422 g/mol. The molecule has 9 heteroatoms. The topological polar surface area (TPSA) is 73.8 Å². The first-order chi connectivity index (χ1) is 15.0. The molecule has 5 rings (SSSR count). The van der Waals surface area contributed by atoms with Crippen LogP contribution in [0.5, 0.6) is 0 Å². The van der Waals surface area contributed by atoms with Crippen LogP contribution in [0.15, 0.2) is 50.9 Å². The van der Waals surface area contributed by atoms with Gasteiger partial charge in [-0.3, -0.25) is 9.36 Å². The molecule has 0 atom stereocenters. The molecule has 2 heterocycles. The van der Waals surface area contributed by atoms with Gasteiger partial charge < -0.3 is 4.52 Å². The van der Waals surface area contributed by atoms with E-state index in [1.165, 1.54) is 17.3 Å². The number of hydrogen-bond donors (Lipinski definition) is 0. The largest absolute Gasteiger partial charge is 0.338 e. The second kappa shape index (κ2) is 7.88. The summed E-state index contributed by atoms with van der Waals surface area (Å²) in [6.45, 7) is 2.09. The van der Waals surface area contributed by atoms with Crippen molar-refractivity contribution in [2.24, 2.45) is 0 Å². The van der Waals surface area contributed by atoms with Gasteiger partial charge in [0.15, 0.2) is 16.8 Å². The lowest BCUT2D eigenvalue weighted by molar-refractivity contribution is 0.391. The Hall–Kier alpha value is -3.07. The van der Waals surface area contributed by atoms with Gasteiger partial charge in [-0.1, -0.05) is 48.1 Å². The van der Waals surface area contributed by atoms with Gasteiger partial charge in [-0.25, -0.2) is 13.8 Å². The summed E-state index contributed by atoms with van der Waals surface area (Å²) in [5.41, 5.74) is 1.84. The quantitative estimate of drug-likeness (QED) is 0.313. The lowest BCUT2D eigenvalue weighted by Gasteiger charge is -2.11. The second-order valence-corrected chi connectivity index (χ2v) is 8.38.